The van der Waals surface area contributed by atoms with Crippen LogP contribution in [0.2, 0.25) is 0 Å². The number of amides is 1. The minimum atomic E-state index is -0.755. The van der Waals surface area contributed by atoms with Crippen molar-refractivity contribution in [2.24, 2.45) is 5.41 Å². The molecule has 0 atom stereocenters. The maximum atomic E-state index is 12.0. The van der Waals surface area contributed by atoms with Gasteiger partial charge in [0, 0.05) is 23.4 Å². The van der Waals surface area contributed by atoms with Crippen molar-refractivity contribution in [1.29, 1.82) is 0 Å². The van der Waals surface area contributed by atoms with E-state index in [1.165, 1.54) is 12.0 Å². The number of nitro groups is 1. The Hall–Kier alpha value is -1.86. The number of esters is 1. The summed E-state index contributed by atoms with van der Waals surface area (Å²) in [5.74, 6) is -0.465. The number of hydrogen-bond donors (Lipinski definition) is 0. The van der Waals surface area contributed by atoms with Crippen molar-refractivity contribution >= 4 is 12.1 Å². The highest BCUT2D eigenvalue weighted by Crippen LogP contribution is 2.36. The molecule has 1 heterocycles. The van der Waals surface area contributed by atoms with Crippen LogP contribution in [0.1, 0.15) is 40.0 Å². The van der Waals surface area contributed by atoms with Gasteiger partial charge in [-0.25, -0.2) is 4.79 Å². The summed E-state index contributed by atoms with van der Waals surface area (Å²) >= 11 is 0. The topological polar surface area (TPSA) is 99.0 Å². The predicted octanol–water partition coefficient (Wildman–Crippen LogP) is 1.84. The highest BCUT2D eigenvalue weighted by Gasteiger charge is 2.42. The van der Waals surface area contributed by atoms with Crippen LogP contribution in [0.3, 0.4) is 0 Å². The summed E-state index contributed by atoms with van der Waals surface area (Å²) in [4.78, 5) is 35.5. The van der Waals surface area contributed by atoms with Gasteiger partial charge in [0.1, 0.15) is 5.60 Å². The molecule has 22 heavy (non-hydrogen) atoms. The average molecular weight is 316 g/mol. The van der Waals surface area contributed by atoms with E-state index in [-0.39, 0.29) is 13.0 Å². The van der Waals surface area contributed by atoms with Gasteiger partial charge in [-0.1, -0.05) is 0 Å². The van der Waals surface area contributed by atoms with E-state index in [1.807, 2.05) is 0 Å². The summed E-state index contributed by atoms with van der Waals surface area (Å²) in [7, 11) is 1.26. The Labute approximate surface area is 129 Å². The number of carbonyl (C=O) groups excluding carboxylic acids is 2. The highest BCUT2D eigenvalue weighted by molar-refractivity contribution is 5.70. The second-order valence-corrected chi connectivity index (χ2v) is 6.71. The van der Waals surface area contributed by atoms with Crippen LogP contribution < -0.4 is 0 Å². The number of rotatable bonds is 4. The van der Waals surface area contributed by atoms with Gasteiger partial charge in [0.25, 0.3) is 0 Å². The largest absolute Gasteiger partial charge is 0.469 e. The molecule has 0 radical (unpaired) electrons. The van der Waals surface area contributed by atoms with Crippen LogP contribution in [0, 0.1) is 15.5 Å². The molecule has 0 saturated carbocycles. The molecule has 1 amide bonds. The van der Waals surface area contributed by atoms with E-state index in [0.29, 0.717) is 25.9 Å². The number of methoxy groups -OCH3 is 1. The van der Waals surface area contributed by atoms with Crippen LogP contribution in [0.25, 0.3) is 0 Å². The number of ether oxygens (including phenoxy) is 2. The van der Waals surface area contributed by atoms with Crippen molar-refractivity contribution in [3.8, 4) is 0 Å². The molecule has 8 heteroatoms. The van der Waals surface area contributed by atoms with Gasteiger partial charge in [-0.3, -0.25) is 14.9 Å². The first-order valence-electron chi connectivity index (χ1n) is 7.23. The van der Waals surface area contributed by atoms with Crippen molar-refractivity contribution in [3.63, 3.8) is 0 Å². The summed E-state index contributed by atoms with van der Waals surface area (Å²) in [6.45, 7) is 5.71. The normalized spacial score (nSPS) is 17.7. The van der Waals surface area contributed by atoms with E-state index in [1.54, 1.807) is 20.8 Å². The fraction of sp³-hybridized carbons (Fsp3) is 0.857. The summed E-state index contributed by atoms with van der Waals surface area (Å²) in [5, 5.41) is 10.9. The van der Waals surface area contributed by atoms with Crippen molar-refractivity contribution in [2.45, 2.75) is 45.6 Å². The number of piperidine rings is 1. The third-order valence-electron chi connectivity index (χ3n) is 3.69. The molecule has 1 saturated heterocycles. The molecule has 0 aliphatic carbocycles. The zero-order valence-electron chi connectivity index (χ0n) is 13.6. The van der Waals surface area contributed by atoms with E-state index in [9.17, 15) is 19.7 Å². The van der Waals surface area contributed by atoms with Crippen molar-refractivity contribution in [1.82, 2.24) is 4.90 Å². The Morgan fingerprint density at radius 2 is 1.82 bits per heavy atom. The first kappa shape index (κ1) is 18.2. The standard InChI is InChI=1S/C14H24N2O6/c1-13(2,3)22-12(18)15-7-5-14(6-8-15,10-16(19)20)9-11(17)21-4/h5-10H2,1-4H3. The molecule has 1 fully saturated rings. The maximum Gasteiger partial charge on any atom is 0.410 e. The lowest BCUT2D eigenvalue weighted by molar-refractivity contribution is -0.499. The molecule has 0 bridgehead atoms. The van der Waals surface area contributed by atoms with Crippen molar-refractivity contribution in [3.05, 3.63) is 10.1 Å². The zero-order valence-corrected chi connectivity index (χ0v) is 13.6. The lowest BCUT2D eigenvalue weighted by Crippen LogP contribution is -2.48. The third-order valence-corrected chi connectivity index (χ3v) is 3.69. The third kappa shape index (κ3) is 5.50. The van der Waals surface area contributed by atoms with Gasteiger partial charge in [-0.15, -0.1) is 0 Å². The van der Waals surface area contributed by atoms with Crippen LogP contribution in [0.5, 0.6) is 0 Å². The quantitative estimate of drug-likeness (QED) is 0.446. The monoisotopic (exact) mass is 316 g/mol. The van der Waals surface area contributed by atoms with Gasteiger partial charge < -0.3 is 14.4 Å². The summed E-state index contributed by atoms with van der Waals surface area (Å²) in [6, 6.07) is 0. The van der Waals surface area contributed by atoms with Gasteiger partial charge in [-0.2, -0.15) is 0 Å². The number of carbonyl (C=O) groups is 2. The van der Waals surface area contributed by atoms with Crippen LogP contribution in [0.15, 0.2) is 0 Å². The van der Waals surface area contributed by atoms with Gasteiger partial charge in [0.05, 0.1) is 13.5 Å². The van der Waals surface area contributed by atoms with E-state index >= 15 is 0 Å². The predicted molar refractivity (Wildman–Crippen MR) is 78.0 cm³/mol. The van der Waals surface area contributed by atoms with Gasteiger partial charge in [0.15, 0.2) is 0 Å². The molecule has 0 aromatic rings. The van der Waals surface area contributed by atoms with Gasteiger partial charge in [0.2, 0.25) is 6.54 Å². The lowest BCUT2D eigenvalue weighted by atomic mass is 9.75. The Balaban J connectivity index is 2.70. The molecule has 0 aromatic carbocycles. The second-order valence-electron chi connectivity index (χ2n) is 6.71. The SMILES string of the molecule is COC(=O)CC1(C[N+](=O)[O-])CCN(C(=O)OC(C)(C)C)CC1. The zero-order chi connectivity index (χ0) is 17.0. The minimum absolute atomic E-state index is 0.00730. The molecule has 8 nitrogen and oxygen atoms in total. The van der Waals surface area contributed by atoms with Crippen LogP contribution >= 0.6 is 0 Å². The molecule has 0 spiro atoms. The summed E-state index contributed by atoms with van der Waals surface area (Å²) in [5.41, 5.74) is -1.34. The number of nitrogens with zero attached hydrogens (tertiary/aromatic N) is 2. The van der Waals surface area contributed by atoms with Crippen LogP contribution in [0.4, 0.5) is 4.79 Å². The minimum Gasteiger partial charge on any atom is -0.469 e. The molecular weight excluding hydrogens is 292 g/mol. The van der Waals surface area contributed by atoms with Gasteiger partial charge in [-0.05, 0) is 33.6 Å². The molecule has 1 aliphatic heterocycles. The fourth-order valence-corrected chi connectivity index (χ4v) is 2.53. The Morgan fingerprint density at radius 1 is 1.27 bits per heavy atom. The van der Waals surface area contributed by atoms with E-state index in [4.69, 9.17) is 4.74 Å². The highest BCUT2D eigenvalue weighted by atomic mass is 16.6. The average Bonchev–Trinajstić information content (AvgIpc) is 2.36. The maximum absolute atomic E-state index is 12.0. The van der Waals surface area contributed by atoms with Crippen LogP contribution in [-0.4, -0.2) is 54.2 Å². The van der Waals surface area contributed by atoms with E-state index < -0.39 is 28.0 Å². The van der Waals surface area contributed by atoms with Crippen molar-refractivity contribution < 1.29 is 24.0 Å². The fourth-order valence-electron chi connectivity index (χ4n) is 2.53. The number of likely N-dealkylation sites (tertiary alicyclic amines) is 1. The first-order chi connectivity index (χ1) is 10.1. The Morgan fingerprint density at radius 3 is 2.23 bits per heavy atom. The van der Waals surface area contributed by atoms with E-state index in [2.05, 4.69) is 4.74 Å². The van der Waals surface area contributed by atoms with Crippen molar-refractivity contribution in [2.75, 3.05) is 26.7 Å². The molecule has 126 valence electrons. The number of hydrogen-bond acceptors (Lipinski definition) is 6. The van der Waals surface area contributed by atoms with E-state index in [0.717, 1.165) is 0 Å². The lowest BCUT2D eigenvalue weighted by Gasteiger charge is -2.38. The molecule has 0 aromatic heterocycles. The smallest absolute Gasteiger partial charge is 0.410 e. The summed E-state index contributed by atoms with van der Waals surface area (Å²) in [6.07, 6.45) is 0.317. The Bertz CT molecular complexity index is 435. The summed E-state index contributed by atoms with van der Waals surface area (Å²) < 4.78 is 9.92. The molecule has 0 unspecified atom stereocenters. The van der Waals surface area contributed by atoms with Crippen LogP contribution in [-0.2, 0) is 14.3 Å². The first-order valence-corrected chi connectivity index (χ1v) is 7.23. The van der Waals surface area contributed by atoms with Gasteiger partial charge >= 0.3 is 12.1 Å². The molecule has 1 aliphatic rings. The molecule has 1 rings (SSSR count). The Kier molecular flexibility index (Phi) is 5.73. The molecular formula is C14H24N2O6. The molecule has 0 N–H and O–H groups in total. The second kappa shape index (κ2) is 6.93.